The molecule has 4 aromatic rings. The van der Waals surface area contributed by atoms with Crippen LogP contribution in [0.15, 0.2) is 61.1 Å². The molecule has 0 unspecified atom stereocenters. The van der Waals surface area contributed by atoms with Gasteiger partial charge in [0.15, 0.2) is 17.5 Å². The minimum Gasteiger partial charge on any atom is -0.619 e. The number of carbonyl (C=O) groups excluding carboxylic acids is 1. The smallest absolute Gasteiger partial charge is 0.253 e. The Labute approximate surface area is 205 Å². The van der Waals surface area contributed by atoms with E-state index in [1.807, 2.05) is 41.1 Å². The quantitative estimate of drug-likeness (QED) is 0.347. The van der Waals surface area contributed by atoms with Crippen LogP contribution in [0, 0.1) is 25.0 Å². The number of aryl methyl sites for hydroxylation is 2. The van der Waals surface area contributed by atoms with E-state index in [9.17, 15) is 10.0 Å². The number of rotatable bonds is 5. The number of fused-ring (bicyclic) bond motifs is 1. The maximum Gasteiger partial charge on any atom is 0.253 e. The third kappa shape index (κ3) is 4.58. The van der Waals surface area contributed by atoms with E-state index in [0.29, 0.717) is 17.2 Å². The maximum atomic E-state index is 13.3. The lowest BCUT2D eigenvalue weighted by molar-refractivity contribution is -0.612. The molecule has 0 saturated carbocycles. The normalized spacial score (nSPS) is 14.4. The molecule has 180 valence electrons. The lowest BCUT2D eigenvalue weighted by Crippen LogP contribution is -2.34. The number of carbonyl (C=O) groups is 1. The van der Waals surface area contributed by atoms with Crippen LogP contribution in [0.5, 0.6) is 0 Å². The van der Waals surface area contributed by atoms with E-state index in [0.717, 1.165) is 64.4 Å². The summed E-state index contributed by atoms with van der Waals surface area (Å²) in [5, 5.41) is 14.9. The van der Waals surface area contributed by atoms with Crippen LogP contribution in [0.4, 0.5) is 5.69 Å². The number of pyridine rings is 2. The first-order valence-corrected chi connectivity index (χ1v) is 12.2. The van der Waals surface area contributed by atoms with E-state index in [1.165, 1.54) is 6.20 Å². The summed E-state index contributed by atoms with van der Waals surface area (Å²) in [6.07, 6.45) is 7.52. The molecule has 0 bridgehead atoms. The van der Waals surface area contributed by atoms with E-state index in [4.69, 9.17) is 4.98 Å². The number of aromatic nitrogens is 3. The Balaban J connectivity index is 1.53. The van der Waals surface area contributed by atoms with Gasteiger partial charge in [-0.15, -0.1) is 0 Å². The van der Waals surface area contributed by atoms with Crippen molar-refractivity contribution in [1.82, 2.24) is 14.7 Å². The molecule has 0 atom stereocenters. The Morgan fingerprint density at radius 3 is 2.69 bits per heavy atom. The molecular weight excluding hydrogens is 438 g/mol. The molecule has 35 heavy (non-hydrogen) atoms. The zero-order chi connectivity index (χ0) is 24.5. The molecule has 1 saturated heterocycles. The maximum absolute atomic E-state index is 13.3. The van der Waals surface area contributed by atoms with Gasteiger partial charge in [-0.3, -0.25) is 9.20 Å². The Hall–Kier alpha value is -3.87. The van der Waals surface area contributed by atoms with Gasteiger partial charge in [-0.2, -0.15) is 4.73 Å². The fourth-order valence-corrected chi connectivity index (χ4v) is 4.72. The largest absolute Gasteiger partial charge is 0.619 e. The predicted molar refractivity (Wildman–Crippen MR) is 137 cm³/mol. The SMILES string of the molecule is Cc1ccccc1-c1cnc2c(N3CCC(C)CC3)cc(C(=O)NCc3ccc(C)[n+]([O-])c3)cn12. The molecule has 1 aliphatic heterocycles. The van der Waals surface area contributed by atoms with Gasteiger partial charge in [0.25, 0.3) is 5.91 Å². The van der Waals surface area contributed by atoms with Crippen LogP contribution in [0.1, 0.15) is 46.9 Å². The number of amides is 1. The number of imidazole rings is 1. The lowest BCUT2D eigenvalue weighted by atomic mass is 9.99. The summed E-state index contributed by atoms with van der Waals surface area (Å²) in [7, 11) is 0. The fourth-order valence-electron chi connectivity index (χ4n) is 4.72. The molecule has 0 aliphatic carbocycles. The first-order valence-electron chi connectivity index (χ1n) is 12.2. The van der Waals surface area contributed by atoms with Crippen molar-refractivity contribution >= 4 is 17.2 Å². The number of hydrogen-bond acceptors (Lipinski definition) is 4. The van der Waals surface area contributed by atoms with Gasteiger partial charge in [-0.25, -0.2) is 4.98 Å². The Morgan fingerprint density at radius 1 is 1.17 bits per heavy atom. The Bertz CT molecular complexity index is 1390. The zero-order valence-corrected chi connectivity index (χ0v) is 20.5. The van der Waals surface area contributed by atoms with Crippen molar-refractivity contribution in [2.75, 3.05) is 18.0 Å². The molecule has 1 aliphatic rings. The highest BCUT2D eigenvalue weighted by atomic mass is 16.5. The van der Waals surface area contributed by atoms with Crippen molar-refractivity contribution < 1.29 is 9.52 Å². The van der Waals surface area contributed by atoms with Crippen molar-refractivity contribution in [2.45, 2.75) is 40.2 Å². The van der Waals surface area contributed by atoms with Crippen LogP contribution in [0.3, 0.4) is 0 Å². The lowest BCUT2D eigenvalue weighted by Gasteiger charge is -2.32. The highest BCUT2D eigenvalue weighted by molar-refractivity contribution is 5.96. The number of nitrogens with zero attached hydrogens (tertiary/aromatic N) is 4. The third-order valence-electron chi connectivity index (χ3n) is 7.02. The predicted octanol–water partition coefficient (Wildman–Crippen LogP) is 4.42. The standard InChI is InChI=1S/C28H31N5O2/c1-19-10-12-31(13-11-19)25-14-23(28(34)30-15-22-9-8-21(3)33(35)17-22)18-32-26(16-29-27(25)32)24-7-5-4-6-20(24)2/h4-9,14,16-19H,10-13,15H2,1-3H3,(H,30,34). The second-order valence-corrected chi connectivity index (χ2v) is 9.62. The molecule has 1 N–H and O–H groups in total. The second kappa shape index (κ2) is 9.41. The zero-order valence-electron chi connectivity index (χ0n) is 20.5. The van der Waals surface area contributed by atoms with E-state index >= 15 is 0 Å². The summed E-state index contributed by atoms with van der Waals surface area (Å²) in [4.78, 5) is 20.4. The molecule has 0 radical (unpaired) electrons. The molecule has 7 nitrogen and oxygen atoms in total. The first kappa shape index (κ1) is 22.9. The summed E-state index contributed by atoms with van der Waals surface area (Å²) in [5.41, 5.74) is 7.00. The number of piperidine rings is 1. The third-order valence-corrected chi connectivity index (χ3v) is 7.02. The molecule has 4 heterocycles. The minimum atomic E-state index is -0.180. The average Bonchev–Trinajstić information content (AvgIpc) is 3.28. The molecule has 7 heteroatoms. The van der Waals surface area contributed by atoms with Gasteiger partial charge in [0, 0.05) is 49.9 Å². The van der Waals surface area contributed by atoms with Crippen LogP contribution >= 0.6 is 0 Å². The van der Waals surface area contributed by atoms with Crippen LogP contribution < -0.4 is 14.9 Å². The Kier molecular flexibility index (Phi) is 6.16. The van der Waals surface area contributed by atoms with Gasteiger partial charge in [-0.1, -0.05) is 31.2 Å². The molecule has 5 rings (SSSR count). The van der Waals surface area contributed by atoms with Gasteiger partial charge < -0.3 is 15.4 Å². The van der Waals surface area contributed by atoms with Gasteiger partial charge in [-0.05, 0) is 43.4 Å². The second-order valence-electron chi connectivity index (χ2n) is 9.62. The van der Waals surface area contributed by atoms with E-state index in [-0.39, 0.29) is 12.5 Å². The fraction of sp³-hybridized carbons (Fsp3) is 0.321. The highest BCUT2D eigenvalue weighted by Gasteiger charge is 2.22. The average molecular weight is 470 g/mol. The number of nitrogens with one attached hydrogen (secondary N) is 1. The van der Waals surface area contributed by atoms with Gasteiger partial charge in [0.2, 0.25) is 0 Å². The molecule has 1 aromatic carbocycles. The molecule has 0 spiro atoms. The van der Waals surface area contributed by atoms with Crippen molar-refractivity contribution in [3.8, 4) is 11.3 Å². The van der Waals surface area contributed by atoms with Crippen LogP contribution in [0.25, 0.3) is 16.9 Å². The van der Waals surface area contributed by atoms with Crippen molar-refractivity contribution in [3.63, 3.8) is 0 Å². The van der Waals surface area contributed by atoms with Crippen molar-refractivity contribution in [3.05, 3.63) is 88.6 Å². The van der Waals surface area contributed by atoms with E-state index in [1.54, 1.807) is 13.0 Å². The summed E-state index contributed by atoms with van der Waals surface area (Å²) in [6, 6.07) is 13.8. The Morgan fingerprint density at radius 2 is 1.94 bits per heavy atom. The molecule has 1 fully saturated rings. The van der Waals surface area contributed by atoms with Crippen LogP contribution in [0.2, 0.25) is 0 Å². The number of hydrogen-bond donors (Lipinski definition) is 1. The number of anilines is 1. The van der Waals surface area contributed by atoms with E-state index < -0.39 is 0 Å². The minimum absolute atomic E-state index is 0.180. The summed E-state index contributed by atoms with van der Waals surface area (Å²) in [6.45, 7) is 8.30. The first-order chi connectivity index (χ1) is 16.9. The van der Waals surface area contributed by atoms with Crippen LogP contribution in [-0.2, 0) is 6.54 Å². The summed E-state index contributed by atoms with van der Waals surface area (Å²) < 4.78 is 2.87. The topological polar surface area (TPSA) is 76.6 Å². The van der Waals surface area contributed by atoms with Crippen LogP contribution in [-0.4, -0.2) is 28.4 Å². The summed E-state index contributed by atoms with van der Waals surface area (Å²) >= 11 is 0. The highest BCUT2D eigenvalue weighted by Crippen LogP contribution is 2.32. The van der Waals surface area contributed by atoms with Crippen molar-refractivity contribution in [2.24, 2.45) is 5.92 Å². The summed E-state index contributed by atoms with van der Waals surface area (Å²) in [5.74, 6) is 0.523. The van der Waals surface area contributed by atoms with Gasteiger partial charge in [0.05, 0.1) is 23.1 Å². The van der Waals surface area contributed by atoms with Crippen molar-refractivity contribution in [1.29, 1.82) is 0 Å². The molecular formula is C28H31N5O2. The molecule has 1 amide bonds. The van der Waals surface area contributed by atoms with Gasteiger partial charge in [0.1, 0.15) is 0 Å². The number of benzene rings is 1. The van der Waals surface area contributed by atoms with E-state index in [2.05, 4.69) is 36.2 Å². The molecule has 3 aromatic heterocycles. The monoisotopic (exact) mass is 469 g/mol. The van der Waals surface area contributed by atoms with Gasteiger partial charge >= 0.3 is 0 Å².